The first-order valence-electron chi connectivity index (χ1n) is 5.33. The van der Waals surface area contributed by atoms with Crippen LogP contribution in [0.4, 0.5) is 0 Å². The molecule has 2 N–H and O–H groups in total. The van der Waals surface area contributed by atoms with E-state index in [4.69, 9.17) is 5.73 Å². The summed E-state index contributed by atoms with van der Waals surface area (Å²) < 4.78 is 0. The first-order valence-corrected chi connectivity index (χ1v) is 5.33. The molecule has 0 spiro atoms. The smallest absolute Gasteiger partial charge is 0.125 e. The SMILES string of the molecule is Cc1ncc(CN)c(C2CCCC2)n1. The Morgan fingerprint density at radius 2 is 2.14 bits per heavy atom. The first-order chi connectivity index (χ1) is 6.81. The van der Waals surface area contributed by atoms with Gasteiger partial charge < -0.3 is 5.73 Å². The third-order valence-electron chi connectivity index (χ3n) is 2.98. The molecule has 1 aromatic rings. The van der Waals surface area contributed by atoms with E-state index in [2.05, 4.69) is 9.97 Å². The maximum atomic E-state index is 5.69. The van der Waals surface area contributed by atoms with Gasteiger partial charge in [-0.15, -0.1) is 0 Å². The van der Waals surface area contributed by atoms with Crippen molar-refractivity contribution in [3.8, 4) is 0 Å². The Bertz CT molecular complexity index is 316. The number of hydrogen-bond donors (Lipinski definition) is 1. The summed E-state index contributed by atoms with van der Waals surface area (Å²) in [7, 11) is 0. The highest BCUT2D eigenvalue weighted by Gasteiger charge is 2.21. The van der Waals surface area contributed by atoms with E-state index in [-0.39, 0.29) is 0 Å². The van der Waals surface area contributed by atoms with Crippen LogP contribution in [0.5, 0.6) is 0 Å². The molecule has 3 nitrogen and oxygen atoms in total. The van der Waals surface area contributed by atoms with E-state index in [1.165, 1.54) is 31.4 Å². The average molecular weight is 191 g/mol. The Kier molecular flexibility index (Phi) is 2.77. The van der Waals surface area contributed by atoms with Crippen molar-refractivity contribution in [1.82, 2.24) is 9.97 Å². The molecular weight excluding hydrogens is 174 g/mol. The largest absolute Gasteiger partial charge is 0.326 e. The van der Waals surface area contributed by atoms with E-state index >= 15 is 0 Å². The molecule has 1 aliphatic rings. The van der Waals surface area contributed by atoms with Crippen LogP contribution in [0.25, 0.3) is 0 Å². The molecule has 0 bridgehead atoms. The summed E-state index contributed by atoms with van der Waals surface area (Å²) in [5.74, 6) is 1.50. The highest BCUT2D eigenvalue weighted by Crippen LogP contribution is 2.34. The number of aryl methyl sites for hydroxylation is 1. The van der Waals surface area contributed by atoms with Crippen molar-refractivity contribution in [2.75, 3.05) is 0 Å². The van der Waals surface area contributed by atoms with Crippen LogP contribution in [0.15, 0.2) is 6.20 Å². The fourth-order valence-corrected chi connectivity index (χ4v) is 2.22. The second-order valence-electron chi connectivity index (χ2n) is 4.01. The Morgan fingerprint density at radius 3 is 2.79 bits per heavy atom. The van der Waals surface area contributed by atoms with Crippen LogP contribution in [0.1, 0.15) is 48.7 Å². The van der Waals surface area contributed by atoms with E-state index < -0.39 is 0 Å². The molecule has 14 heavy (non-hydrogen) atoms. The van der Waals surface area contributed by atoms with E-state index in [1.807, 2.05) is 13.1 Å². The maximum Gasteiger partial charge on any atom is 0.125 e. The van der Waals surface area contributed by atoms with Crippen LogP contribution in [-0.4, -0.2) is 9.97 Å². The summed E-state index contributed by atoms with van der Waals surface area (Å²) in [6.45, 7) is 2.50. The highest BCUT2D eigenvalue weighted by molar-refractivity contribution is 5.22. The molecule has 1 saturated carbocycles. The Hall–Kier alpha value is -0.960. The van der Waals surface area contributed by atoms with Crippen molar-refractivity contribution in [3.63, 3.8) is 0 Å². The molecular formula is C11H17N3. The quantitative estimate of drug-likeness (QED) is 0.776. The van der Waals surface area contributed by atoms with Gasteiger partial charge in [-0.2, -0.15) is 0 Å². The van der Waals surface area contributed by atoms with Crippen molar-refractivity contribution in [1.29, 1.82) is 0 Å². The molecule has 3 heteroatoms. The van der Waals surface area contributed by atoms with Gasteiger partial charge in [-0.25, -0.2) is 9.97 Å². The summed E-state index contributed by atoms with van der Waals surface area (Å²) in [4.78, 5) is 8.73. The van der Waals surface area contributed by atoms with Crippen molar-refractivity contribution in [2.45, 2.75) is 45.1 Å². The lowest BCUT2D eigenvalue weighted by Gasteiger charge is -2.12. The molecule has 0 aromatic carbocycles. The summed E-state index contributed by atoms with van der Waals surface area (Å²) in [5.41, 5.74) is 8.02. The van der Waals surface area contributed by atoms with E-state index in [1.54, 1.807) is 0 Å². The minimum Gasteiger partial charge on any atom is -0.326 e. The summed E-state index contributed by atoms with van der Waals surface area (Å²) in [6, 6.07) is 0. The lowest BCUT2D eigenvalue weighted by atomic mass is 9.99. The van der Waals surface area contributed by atoms with Crippen LogP contribution in [0.3, 0.4) is 0 Å². The molecule has 0 radical (unpaired) electrons. The van der Waals surface area contributed by atoms with Gasteiger partial charge in [-0.1, -0.05) is 12.8 Å². The standard InChI is InChI=1S/C11H17N3/c1-8-13-7-10(6-12)11(14-8)9-4-2-3-5-9/h7,9H,2-6,12H2,1H3. The second kappa shape index (κ2) is 4.05. The van der Waals surface area contributed by atoms with Gasteiger partial charge in [0.15, 0.2) is 0 Å². The van der Waals surface area contributed by atoms with Gasteiger partial charge in [-0.05, 0) is 19.8 Å². The van der Waals surface area contributed by atoms with Crippen LogP contribution in [0.2, 0.25) is 0 Å². The van der Waals surface area contributed by atoms with Crippen LogP contribution in [-0.2, 0) is 6.54 Å². The molecule has 0 atom stereocenters. The van der Waals surface area contributed by atoms with Gasteiger partial charge in [0.05, 0.1) is 5.69 Å². The van der Waals surface area contributed by atoms with Crippen molar-refractivity contribution in [2.24, 2.45) is 5.73 Å². The first kappa shape index (κ1) is 9.59. The molecule has 1 aliphatic carbocycles. The zero-order valence-electron chi connectivity index (χ0n) is 8.66. The lowest BCUT2D eigenvalue weighted by Crippen LogP contribution is -2.09. The zero-order chi connectivity index (χ0) is 9.97. The molecule has 0 saturated heterocycles. The third-order valence-corrected chi connectivity index (χ3v) is 2.98. The zero-order valence-corrected chi connectivity index (χ0v) is 8.66. The second-order valence-corrected chi connectivity index (χ2v) is 4.01. The molecule has 1 fully saturated rings. The van der Waals surface area contributed by atoms with Crippen LogP contribution >= 0.6 is 0 Å². The predicted octanol–water partition coefficient (Wildman–Crippen LogP) is 1.90. The summed E-state index contributed by atoms with van der Waals surface area (Å²) in [5, 5.41) is 0. The predicted molar refractivity (Wildman–Crippen MR) is 55.9 cm³/mol. The normalized spacial score (nSPS) is 17.6. The Morgan fingerprint density at radius 1 is 1.43 bits per heavy atom. The molecule has 2 rings (SSSR count). The summed E-state index contributed by atoms with van der Waals surface area (Å²) in [6.07, 6.45) is 7.08. The monoisotopic (exact) mass is 191 g/mol. The topological polar surface area (TPSA) is 51.8 Å². The van der Waals surface area contributed by atoms with Gasteiger partial charge in [0.2, 0.25) is 0 Å². The number of aromatic nitrogens is 2. The molecule has 1 heterocycles. The van der Waals surface area contributed by atoms with E-state index in [0.717, 1.165) is 11.4 Å². The summed E-state index contributed by atoms with van der Waals surface area (Å²) >= 11 is 0. The average Bonchev–Trinajstić information content (AvgIpc) is 2.70. The molecule has 0 unspecified atom stereocenters. The molecule has 76 valence electrons. The molecule has 0 aliphatic heterocycles. The minimum absolute atomic E-state index is 0.562. The minimum atomic E-state index is 0.562. The van der Waals surface area contributed by atoms with Crippen molar-refractivity contribution >= 4 is 0 Å². The van der Waals surface area contributed by atoms with Gasteiger partial charge in [0, 0.05) is 24.2 Å². The Balaban J connectivity index is 2.33. The van der Waals surface area contributed by atoms with E-state index in [9.17, 15) is 0 Å². The van der Waals surface area contributed by atoms with E-state index in [0.29, 0.717) is 12.5 Å². The highest BCUT2D eigenvalue weighted by atomic mass is 14.9. The van der Waals surface area contributed by atoms with Gasteiger partial charge >= 0.3 is 0 Å². The fourth-order valence-electron chi connectivity index (χ4n) is 2.22. The molecule has 1 aromatic heterocycles. The van der Waals surface area contributed by atoms with Crippen LogP contribution in [0, 0.1) is 6.92 Å². The Labute approximate surface area is 84.8 Å². The number of rotatable bonds is 2. The van der Waals surface area contributed by atoms with Crippen molar-refractivity contribution < 1.29 is 0 Å². The fraction of sp³-hybridized carbons (Fsp3) is 0.636. The maximum absolute atomic E-state index is 5.69. The van der Waals surface area contributed by atoms with Crippen LogP contribution < -0.4 is 5.73 Å². The van der Waals surface area contributed by atoms with Gasteiger partial charge in [0.1, 0.15) is 5.82 Å². The number of hydrogen-bond acceptors (Lipinski definition) is 3. The van der Waals surface area contributed by atoms with Crippen molar-refractivity contribution in [3.05, 3.63) is 23.3 Å². The van der Waals surface area contributed by atoms with Gasteiger partial charge in [-0.3, -0.25) is 0 Å². The number of nitrogens with zero attached hydrogens (tertiary/aromatic N) is 2. The number of nitrogens with two attached hydrogens (primary N) is 1. The molecule has 0 amide bonds. The third kappa shape index (κ3) is 1.77. The lowest BCUT2D eigenvalue weighted by molar-refractivity contribution is 0.674. The van der Waals surface area contributed by atoms with Gasteiger partial charge in [0.25, 0.3) is 0 Å².